The predicted octanol–water partition coefficient (Wildman–Crippen LogP) is 6.62. The Bertz CT molecular complexity index is 1120. The summed E-state index contributed by atoms with van der Waals surface area (Å²) in [6.07, 6.45) is 7.47. The quantitative estimate of drug-likeness (QED) is 0.298. The lowest BCUT2D eigenvalue weighted by atomic mass is 9.75. The van der Waals surface area contributed by atoms with Crippen molar-refractivity contribution in [3.8, 4) is 0 Å². The van der Waals surface area contributed by atoms with Gasteiger partial charge in [0.15, 0.2) is 0 Å². The molecule has 3 heteroatoms. The van der Waals surface area contributed by atoms with Gasteiger partial charge in [0, 0.05) is 29.9 Å². The van der Waals surface area contributed by atoms with E-state index in [0.29, 0.717) is 17.5 Å². The van der Waals surface area contributed by atoms with Crippen molar-refractivity contribution < 1.29 is 4.79 Å². The van der Waals surface area contributed by atoms with Crippen molar-refractivity contribution in [2.45, 2.75) is 38.1 Å². The van der Waals surface area contributed by atoms with Crippen molar-refractivity contribution in [2.75, 3.05) is 0 Å². The summed E-state index contributed by atoms with van der Waals surface area (Å²) in [4.78, 5) is 11.6. The van der Waals surface area contributed by atoms with Gasteiger partial charge >= 0.3 is 0 Å². The van der Waals surface area contributed by atoms with E-state index in [9.17, 15) is 4.79 Å². The van der Waals surface area contributed by atoms with E-state index >= 15 is 0 Å². The number of amides is 1. The number of nitrogens with two attached hydrogens (primary N) is 1. The van der Waals surface area contributed by atoms with Crippen LogP contribution in [-0.4, -0.2) is 10.5 Å². The molecule has 0 saturated carbocycles. The monoisotopic (exact) mass is 436 g/mol. The largest absolute Gasteiger partial charge is 0.366 e. The number of carbonyl (C=O) groups is 1. The van der Waals surface area contributed by atoms with Gasteiger partial charge in [-0.1, -0.05) is 72.8 Å². The van der Waals surface area contributed by atoms with Gasteiger partial charge < -0.3 is 10.3 Å². The Morgan fingerprint density at radius 2 is 1.36 bits per heavy atom. The van der Waals surface area contributed by atoms with Crippen LogP contribution < -0.4 is 5.73 Å². The van der Waals surface area contributed by atoms with Gasteiger partial charge in [0.2, 0.25) is 5.91 Å². The van der Waals surface area contributed by atoms with Gasteiger partial charge in [0.05, 0.1) is 0 Å². The molecule has 0 aliphatic heterocycles. The van der Waals surface area contributed by atoms with Crippen LogP contribution in [0.15, 0.2) is 109 Å². The Labute approximate surface area is 196 Å². The summed E-state index contributed by atoms with van der Waals surface area (Å²) < 4.78 is 2.30. The first-order valence-corrected chi connectivity index (χ1v) is 11.7. The van der Waals surface area contributed by atoms with Gasteiger partial charge in [0.25, 0.3) is 0 Å². The van der Waals surface area contributed by atoms with Crippen LogP contribution in [0.5, 0.6) is 0 Å². The van der Waals surface area contributed by atoms with Gasteiger partial charge in [-0.3, -0.25) is 4.79 Å². The van der Waals surface area contributed by atoms with Crippen molar-refractivity contribution in [2.24, 2.45) is 11.7 Å². The van der Waals surface area contributed by atoms with E-state index in [4.69, 9.17) is 5.73 Å². The first kappa shape index (κ1) is 22.6. The second-order valence-electron chi connectivity index (χ2n) is 8.87. The summed E-state index contributed by atoms with van der Waals surface area (Å²) in [6.45, 7) is 2.30. The Morgan fingerprint density at radius 3 is 1.97 bits per heavy atom. The molecule has 0 aliphatic carbocycles. The number of hydrogen-bond acceptors (Lipinski definition) is 1. The maximum absolute atomic E-state index is 11.6. The van der Waals surface area contributed by atoms with Gasteiger partial charge in [0.1, 0.15) is 0 Å². The molecule has 4 aromatic rings. The van der Waals surface area contributed by atoms with Crippen molar-refractivity contribution in [1.82, 2.24) is 4.57 Å². The third-order valence-corrected chi connectivity index (χ3v) is 6.61. The number of rotatable bonds is 10. The minimum Gasteiger partial charge on any atom is -0.366 e. The highest BCUT2D eigenvalue weighted by Gasteiger charge is 2.27. The lowest BCUT2D eigenvalue weighted by Crippen LogP contribution is -2.20. The molecule has 0 aliphatic rings. The van der Waals surface area contributed by atoms with Gasteiger partial charge in [-0.25, -0.2) is 0 Å². The third-order valence-electron chi connectivity index (χ3n) is 6.61. The Morgan fingerprint density at radius 1 is 0.788 bits per heavy atom. The van der Waals surface area contributed by atoms with Crippen LogP contribution in [0.25, 0.3) is 0 Å². The average Bonchev–Trinajstić information content (AvgIpc) is 3.39. The number of nitrogens with zero attached hydrogens (tertiary/aromatic N) is 1. The molecule has 168 valence electrons. The minimum atomic E-state index is -0.389. The minimum absolute atomic E-state index is 0.231. The molecule has 1 amide bonds. The van der Waals surface area contributed by atoms with Crippen LogP contribution in [0.3, 0.4) is 0 Å². The number of carbonyl (C=O) groups excluding carboxylic acids is 1. The van der Waals surface area contributed by atoms with Crippen molar-refractivity contribution in [3.63, 3.8) is 0 Å². The molecule has 3 nitrogen and oxygen atoms in total. The summed E-state index contributed by atoms with van der Waals surface area (Å²) in [6, 6.07) is 33.9. The molecule has 3 atom stereocenters. The highest BCUT2D eigenvalue weighted by molar-refractivity contribution is 5.92. The first-order valence-electron chi connectivity index (χ1n) is 11.7. The average molecular weight is 437 g/mol. The maximum Gasteiger partial charge on any atom is 0.248 e. The van der Waals surface area contributed by atoms with E-state index in [1.807, 2.05) is 12.1 Å². The standard InChI is InChI=1S/C30H32N2O/c1-23(32-20-8-9-21-32)22-28(15-14-24-10-4-2-5-11-24)29(25-12-6-3-7-13-25)26-16-18-27(19-17-26)30(31)33/h2-13,16-21,23,28-29H,14-15,22H2,1H3,(H2,31,33)/t23-,28-,29-/m0/s1. The number of aryl methyl sites for hydroxylation is 1. The molecule has 1 aromatic heterocycles. The van der Waals surface area contributed by atoms with Crippen LogP contribution in [0, 0.1) is 5.92 Å². The molecule has 0 saturated heterocycles. The molecule has 4 rings (SSSR count). The molecule has 1 heterocycles. The van der Waals surface area contributed by atoms with Crippen LogP contribution in [0.4, 0.5) is 0 Å². The molecular weight excluding hydrogens is 404 g/mol. The van der Waals surface area contributed by atoms with E-state index in [0.717, 1.165) is 19.3 Å². The predicted molar refractivity (Wildman–Crippen MR) is 135 cm³/mol. The van der Waals surface area contributed by atoms with E-state index in [-0.39, 0.29) is 11.8 Å². The van der Waals surface area contributed by atoms with Crippen molar-refractivity contribution in [1.29, 1.82) is 0 Å². The van der Waals surface area contributed by atoms with E-state index in [1.165, 1.54) is 16.7 Å². The number of hydrogen-bond donors (Lipinski definition) is 1. The molecule has 0 fully saturated rings. The number of benzene rings is 3. The summed E-state index contributed by atoms with van der Waals surface area (Å²) in [5.74, 6) is 0.263. The van der Waals surface area contributed by atoms with E-state index < -0.39 is 0 Å². The molecule has 0 unspecified atom stereocenters. The highest BCUT2D eigenvalue weighted by Crippen LogP contribution is 2.39. The van der Waals surface area contributed by atoms with E-state index in [1.54, 1.807) is 0 Å². The van der Waals surface area contributed by atoms with E-state index in [2.05, 4.69) is 109 Å². The van der Waals surface area contributed by atoms with Gasteiger partial charge in [-0.2, -0.15) is 0 Å². The van der Waals surface area contributed by atoms with Gasteiger partial charge in [-0.15, -0.1) is 0 Å². The van der Waals surface area contributed by atoms with Crippen LogP contribution in [0.2, 0.25) is 0 Å². The zero-order chi connectivity index (χ0) is 23.0. The Balaban J connectivity index is 1.69. The zero-order valence-electron chi connectivity index (χ0n) is 19.2. The Hall–Kier alpha value is -3.59. The third kappa shape index (κ3) is 5.81. The molecule has 0 bridgehead atoms. The SMILES string of the molecule is C[C@@H](C[C@H](CCc1ccccc1)[C@@H](c1ccccc1)c1ccc(C(N)=O)cc1)n1cccc1. The van der Waals surface area contributed by atoms with Crippen molar-refractivity contribution >= 4 is 5.91 Å². The van der Waals surface area contributed by atoms with Crippen molar-refractivity contribution in [3.05, 3.63) is 132 Å². The molecule has 33 heavy (non-hydrogen) atoms. The maximum atomic E-state index is 11.6. The molecule has 0 radical (unpaired) electrons. The molecule has 2 N–H and O–H groups in total. The second-order valence-corrected chi connectivity index (χ2v) is 8.87. The topological polar surface area (TPSA) is 48.0 Å². The lowest BCUT2D eigenvalue weighted by Gasteiger charge is -2.31. The summed E-state index contributed by atoms with van der Waals surface area (Å²) in [5, 5.41) is 0. The first-order chi connectivity index (χ1) is 16.1. The fraction of sp³-hybridized carbons (Fsp3) is 0.233. The number of aromatic nitrogens is 1. The zero-order valence-corrected chi connectivity index (χ0v) is 19.2. The molecule has 3 aromatic carbocycles. The molecular formula is C30H32N2O. The summed E-state index contributed by atoms with van der Waals surface area (Å²) >= 11 is 0. The van der Waals surface area contributed by atoms with Crippen LogP contribution in [-0.2, 0) is 6.42 Å². The second kappa shape index (κ2) is 10.8. The summed E-state index contributed by atoms with van der Waals surface area (Å²) in [7, 11) is 0. The fourth-order valence-corrected chi connectivity index (χ4v) is 4.87. The summed E-state index contributed by atoms with van der Waals surface area (Å²) in [5.41, 5.74) is 9.95. The van der Waals surface area contributed by atoms with Gasteiger partial charge in [-0.05, 0) is 73.1 Å². The van der Waals surface area contributed by atoms with Crippen LogP contribution in [0.1, 0.15) is 58.8 Å². The lowest BCUT2D eigenvalue weighted by molar-refractivity contribution is 0.100. The fourth-order valence-electron chi connectivity index (χ4n) is 4.87. The smallest absolute Gasteiger partial charge is 0.248 e. The van der Waals surface area contributed by atoms with Crippen LogP contribution >= 0.6 is 0 Å². The number of primary amides is 1. The highest BCUT2D eigenvalue weighted by atomic mass is 16.1. The normalized spacial score (nSPS) is 13.8. The Kier molecular flexibility index (Phi) is 7.41. The molecule has 0 spiro atoms.